The van der Waals surface area contributed by atoms with E-state index in [0.29, 0.717) is 5.56 Å². The third-order valence-electron chi connectivity index (χ3n) is 4.02. The molecule has 5 nitrogen and oxygen atoms in total. The average Bonchev–Trinajstić information content (AvgIpc) is 3.10. The van der Waals surface area contributed by atoms with Crippen molar-refractivity contribution in [2.45, 2.75) is 19.4 Å². The Balaban J connectivity index is 1.92. The Morgan fingerprint density at radius 1 is 1.12 bits per heavy atom. The van der Waals surface area contributed by atoms with E-state index in [9.17, 15) is 9.90 Å². The second-order valence-corrected chi connectivity index (χ2v) is 7.02. The highest BCUT2D eigenvalue weighted by Gasteiger charge is 2.20. The molecule has 1 aromatic heterocycles. The van der Waals surface area contributed by atoms with Gasteiger partial charge in [0.15, 0.2) is 0 Å². The van der Waals surface area contributed by atoms with Crippen molar-refractivity contribution < 1.29 is 9.90 Å². The van der Waals surface area contributed by atoms with Crippen molar-refractivity contribution in [3.05, 3.63) is 72.4 Å². The maximum atomic E-state index is 12.7. The fraction of sp³-hybridized carbons (Fsp3) is 0.238. The predicted molar refractivity (Wildman–Crippen MR) is 102 cm³/mol. The maximum Gasteiger partial charge on any atom is 0.253 e. The molecule has 26 heavy (non-hydrogen) atoms. The average molecular weight is 349 g/mol. The van der Waals surface area contributed by atoms with Crippen molar-refractivity contribution in [3.63, 3.8) is 0 Å². The van der Waals surface area contributed by atoms with Crippen LogP contribution in [-0.2, 0) is 0 Å². The monoisotopic (exact) mass is 349 g/mol. The summed E-state index contributed by atoms with van der Waals surface area (Å²) in [5.41, 5.74) is 2.45. The van der Waals surface area contributed by atoms with Crippen LogP contribution < -0.4 is 0 Å². The molecule has 0 saturated heterocycles. The van der Waals surface area contributed by atoms with Crippen molar-refractivity contribution in [2.24, 2.45) is 0 Å². The number of amides is 1. The lowest BCUT2D eigenvalue weighted by Crippen LogP contribution is -2.39. The van der Waals surface area contributed by atoms with E-state index in [2.05, 4.69) is 5.10 Å². The molecule has 2 aromatic carbocycles. The third-order valence-corrected chi connectivity index (χ3v) is 4.02. The summed E-state index contributed by atoms with van der Waals surface area (Å²) in [6.45, 7) is 3.62. The molecule has 0 aliphatic rings. The van der Waals surface area contributed by atoms with Gasteiger partial charge in [-0.15, -0.1) is 0 Å². The molecule has 1 heterocycles. The van der Waals surface area contributed by atoms with Crippen LogP contribution in [0.15, 0.2) is 66.9 Å². The first-order chi connectivity index (χ1) is 12.3. The first-order valence-corrected chi connectivity index (χ1v) is 8.53. The number of carbonyl (C=O) groups is 1. The van der Waals surface area contributed by atoms with Crippen LogP contribution in [-0.4, -0.2) is 44.9 Å². The smallest absolute Gasteiger partial charge is 0.253 e. The van der Waals surface area contributed by atoms with Crippen LogP contribution in [0.3, 0.4) is 0 Å². The van der Waals surface area contributed by atoms with Gasteiger partial charge in [-0.3, -0.25) is 4.79 Å². The minimum atomic E-state index is -0.940. The van der Waals surface area contributed by atoms with E-state index < -0.39 is 5.60 Å². The Kier molecular flexibility index (Phi) is 4.91. The highest BCUT2D eigenvalue weighted by molar-refractivity contribution is 5.94. The molecule has 0 bridgehead atoms. The lowest BCUT2D eigenvalue weighted by atomic mass is 10.1. The number of hydrogen-bond donors (Lipinski definition) is 1. The molecule has 0 atom stereocenters. The van der Waals surface area contributed by atoms with Crippen molar-refractivity contribution in [1.82, 2.24) is 14.7 Å². The van der Waals surface area contributed by atoms with E-state index in [1.807, 2.05) is 59.3 Å². The molecule has 5 heteroatoms. The van der Waals surface area contributed by atoms with Gasteiger partial charge in [0.1, 0.15) is 0 Å². The number of nitrogens with zero attached hydrogens (tertiary/aromatic N) is 3. The molecule has 1 amide bonds. The van der Waals surface area contributed by atoms with Crippen molar-refractivity contribution in [3.8, 4) is 16.9 Å². The Hall–Kier alpha value is -2.92. The minimum absolute atomic E-state index is 0.137. The van der Waals surface area contributed by atoms with Crippen LogP contribution in [0.5, 0.6) is 0 Å². The van der Waals surface area contributed by atoms with Gasteiger partial charge in [-0.05, 0) is 38.1 Å². The summed E-state index contributed by atoms with van der Waals surface area (Å²) in [5.74, 6) is -0.137. The second kappa shape index (κ2) is 7.14. The van der Waals surface area contributed by atoms with Gasteiger partial charge in [0.2, 0.25) is 0 Å². The number of aromatic nitrogens is 2. The maximum absolute atomic E-state index is 12.7. The van der Waals surface area contributed by atoms with Crippen LogP contribution in [0, 0.1) is 0 Å². The first kappa shape index (κ1) is 17.9. The van der Waals surface area contributed by atoms with Crippen LogP contribution >= 0.6 is 0 Å². The van der Waals surface area contributed by atoms with Crippen LogP contribution in [0.4, 0.5) is 0 Å². The Morgan fingerprint density at radius 3 is 2.54 bits per heavy atom. The van der Waals surface area contributed by atoms with E-state index in [-0.39, 0.29) is 12.5 Å². The van der Waals surface area contributed by atoms with Crippen LogP contribution in [0.25, 0.3) is 16.9 Å². The van der Waals surface area contributed by atoms with E-state index in [1.54, 1.807) is 33.2 Å². The third kappa shape index (κ3) is 4.00. The molecule has 134 valence electrons. The number of likely N-dealkylation sites (N-methyl/N-ethyl adjacent to an activating group) is 1. The zero-order chi connectivity index (χ0) is 18.7. The zero-order valence-corrected chi connectivity index (χ0v) is 15.3. The molecule has 0 radical (unpaired) electrons. The molecule has 0 fully saturated rings. The van der Waals surface area contributed by atoms with E-state index in [1.165, 1.54) is 4.90 Å². The number of hydrogen-bond acceptors (Lipinski definition) is 3. The van der Waals surface area contributed by atoms with E-state index in [0.717, 1.165) is 16.9 Å². The van der Waals surface area contributed by atoms with Crippen LogP contribution in [0.2, 0.25) is 0 Å². The lowest BCUT2D eigenvalue weighted by Gasteiger charge is -2.25. The van der Waals surface area contributed by atoms with Gasteiger partial charge in [-0.2, -0.15) is 5.10 Å². The van der Waals surface area contributed by atoms with Gasteiger partial charge in [-0.25, -0.2) is 4.68 Å². The SMILES string of the molecule is CN(CC(C)(C)O)C(=O)c1cccc(-n2nccc2-c2ccccc2)c1. The molecule has 0 spiro atoms. The van der Waals surface area contributed by atoms with E-state index >= 15 is 0 Å². The summed E-state index contributed by atoms with van der Waals surface area (Å²) >= 11 is 0. The molecular formula is C21H23N3O2. The van der Waals surface area contributed by atoms with Crippen molar-refractivity contribution in [1.29, 1.82) is 0 Å². The second-order valence-electron chi connectivity index (χ2n) is 7.02. The normalized spacial score (nSPS) is 11.4. The van der Waals surface area contributed by atoms with Crippen LogP contribution in [0.1, 0.15) is 24.2 Å². The predicted octanol–water partition coefficient (Wildman–Crippen LogP) is 3.38. The summed E-state index contributed by atoms with van der Waals surface area (Å²) in [7, 11) is 1.69. The lowest BCUT2D eigenvalue weighted by molar-refractivity contribution is 0.0368. The Morgan fingerprint density at radius 2 is 1.85 bits per heavy atom. The molecule has 0 aliphatic heterocycles. The van der Waals surface area contributed by atoms with Crippen molar-refractivity contribution in [2.75, 3.05) is 13.6 Å². The molecule has 0 unspecified atom stereocenters. The molecule has 0 aliphatic carbocycles. The zero-order valence-electron chi connectivity index (χ0n) is 15.3. The standard InChI is InChI=1S/C21H23N3O2/c1-21(2,26)15-23(3)20(25)17-10-7-11-18(14-17)24-19(12-13-22-24)16-8-5-4-6-9-16/h4-14,26H,15H2,1-3H3. The summed E-state index contributed by atoms with van der Waals surface area (Å²) in [6, 6.07) is 19.3. The minimum Gasteiger partial charge on any atom is -0.389 e. The first-order valence-electron chi connectivity index (χ1n) is 8.53. The molecule has 3 aromatic rings. The summed E-state index contributed by atoms with van der Waals surface area (Å²) in [4.78, 5) is 14.2. The van der Waals surface area contributed by atoms with Gasteiger partial charge in [0.25, 0.3) is 5.91 Å². The highest BCUT2D eigenvalue weighted by atomic mass is 16.3. The number of aliphatic hydroxyl groups is 1. The highest BCUT2D eigenvalue weighted by Crippen LogP contribution is 2.23. The molecule has 1 N–H and O–H groups in total. The van der Waals surface area contributed by atoms with E-state index in [4.69, 9.17) is 0 Å². The van der Waals surface area contributed by atoms with Gasteiger partial charge >= 0.3 is 0 Å². The summed E-state index contributed by atoms with van der Waals surface area (Å²) in [5, 5.41) is 14.4. The largest absolute Gasteiger partial charge is 0.389 e. The number of benzene rings is 2. The fourth-order valence-corrected chi connectivity index (χ4v) is 2.98. The fourth-order valence-electron chi connectivity index (χ4n) is 2.98. The van der Waals surface area contributed by atoms with Gasteiger partial charge in [0.05, 0.1) is 23.2 Å². The number of carbonyl (C=O) groups excluding carboxylic acids is 1. The molecular weight excluding hydrogens is 326 g/mol. The van der Waals surface area contributed by atoms with Gasteiger partial charge in [-0.1, -0.05) is 36.4 Å². The Bertz CT molecular complexity index is 895. The summed E-state index contributed by atoms with van der Waals surface area (Å²) in [6.07, 6.45) is 1.75. The van der Waals surface area contributed by atoms with Gasteiger partial charge < -0.3 is 10.0 Å². The molecule has 0 saturated carbocycles. The summed E-state index contributed by atoms with van der Waals surface area (Å²) < 4.78 is 1.82. The molecule has 3 rings (SSSR count). The quantitative estimate of drug-likeness (QED) is 0.768. The Labute approximate surface area is 153 Å². The van der Waals surface area contributed by atoms with Gasteiger partial charge in [0, 0.05) is 24.7 Å². The number of rotatable bonds is 5. The topological polar surface area (TPSA) is 58.4 Å². The van der Waals surface area contributed by atoms with Crippen molar-refractivity contribution >= 4 is 5.91 Å².